The largest absolute Gasteiger partial charge is 0.480 e. The molecule has 1 aromatic rings. The first-order valence-corrected chi connectivity index (χ1v) is 9.04. The van der Waals surface area contributed by atoms with Crippen LogP contribution in [0.25, 0.3) is 0 Å². The number of aliphatic carboxylic acids is 1. The standard InChI is InChI=1S/C17H28N6O6/c1-8(2)13(23-14(25)11(18)6-24)16(27)22-12(4-10-5-19-7-20-10)15(26)21-9(3)17(28)29/h5,7-9,11-13,24H,4,6,18H2,1-3H3,(H,19,20)(H,21,26)(H,22,27)(H,23,25)(H,28,29). The summed E-state index contributed by atoms with van der Waals surface area (Å²) in [4.78, 5) is 54.9. The number of carboxylic acids is 1. The SMILES string of the molecule is CC(NC(=O)C(Cc1cnc[nH]1)NC(=O)C(NC(=O)C(N)CO)C(C)C)C(=O)O. The molecule has 3 amide bonds. The Labute approximate surface area is 167 Å². The summed E-state index contributed by atoms with van der Waals surface area (Å²) in [6.45, 7) is 4.08. The molecular weight excluding hydrogens is 384 g/mol. The second-order valence-electron chi connectivity index (χ2n) is 6.93. The van der Waals surface area contributed by atoms with Gasteiger partial charge in [-0.1, -0.05) is 13.8 Å². The zero-order chi connectivity index (χ0) is 22.1. The molecule has 4 unspecified atom stereocenters. The van der Waals surface area contributed by atoms with E-state index in [0.717, 1.165) is 0 Å². The predicted molar refractivity (Wildman–Crippen MR) is 101 cm³/mol. The first-order chi connectivity index (χ1) is 13.6. The van der Waals surface area contributed by atoms with Crippen LogP contribution in [0.15, 0.2) is 12.5 Å². The van der Waals surface area contributed by atoms with Crippen LogP contribution in [0.5, 0.6) is 0 Å². The van der Waals surface area contributed by atoms with Gasteiger partial charge in [0.1, 0.15) is 24.2 Å². The van der Waals surface area contributed by atoms with Gasteiger partial charge in [0.05, 0.1) is 12.9 Å². The number of carboxylic acid groups (broad SMARTS) is 1. The Hall–Kier alpha value is -2.99. The van der Waals surface area contributed by atoms with Crippen LogP contribution in [-0.4, -0.2) is 74.6 Å². The number of nitrogens with two attached hydrogens (primary N) is 1. The number of aliphatic hydroxyl groups excluding tert-OH is 1. The van der Waals surface area contributed by atoms with Crippen LogP contribution in [0.2, 0.25) is 0 Å². The molecule has 8 N–H and O–H groups in total. The molecule has 0 fully saturated rings. The molecule has 4 atom stereocenters. The maximum absolute atomic E-state index is 12.7. The lowest BCUT2D eigenvalue weighted by Gasteiger charge is -2.26. The summed E-state index contributed by atoms with van der Waals surface area (Å²) in [5, 5.41) is 25.3. The quantitative estimate of drug-likeness (QED) is 0.206. The van der Waals surface area contributed by atoms with Crippen LogP contribution in [0, 0.1) is 5.92 Å². The smallest absolute Gasteiger partial charge is 0.325 e. The number of hydrogen-bond acceptors (Lipinski definition) is 7. The third-order valence-corrected chi connectivity index (χ3v) is 4.12. The Morgan fingerprint density at radius 3 is 2.24 bits per heavy atom. The fourth-order valence-corrected chi connectivity index (χ4v) is 2.34. The number of hydrogen-bond donors (Lipinski definition) is 7. The van der Waals surface area contributed by atoms with E-state index >= 15 is 0 Å². The fourth-order valence-electron chi connectivity index (χ4n) is 2.34. The minimum absolute atomic E-state index is 0.0266. The average molecular weight is 412 g/mol. The van der Waals surface area contributed by atoms with Gasteiger partial charge >= 0.3 is 5.97 Å². The minimum atomic E-state index is -1.23. The highest BCUT2D eigenvalue weighted by atomic mass is 16.4. The van der Waals surface area contributed by atoms with Crippen molar-refractivity contribution in [1.82, 2.24) is 25.9 Å². The molecule has 0 saturated carbocycles. The molecule has 1 heterocycles. The highest BCUT2D eigenvalue weighted by molar-refractivity contribution is 5.94. The van der Waals surface area contributed by atoms with Crippen molar-refractivity contribution in [2.45, 2.75) is 51.4 Å². The molecule has 1 aromatic heterocycles. The number of rotatable bonds is 11. The predicted octanol–water partition coefficient (Wildman–Crippen LogP) is -2.51. The van der Waals surface area contributed by atoms with E-state index in [2.05, 4.69) is 25.9 Å². The first-order valence-electron chi connectivity index (χ1n) is 9.04. The first kappa shape index (κ1) is 24.0. The molecule has 1 rings (SSSR count). The van der Waals surface area contributed by atoms with Gasteiger partial charge in [0.2, 0.25) is 17.7 Å². The van der Waals surface area contributed by atoms with Gasteiger partial charge in [0.15, 0.2) is 0 Å². The second kappa shape index (κ2) is 11.1. The van der Waals surface area contributed by atoms with Gasteiger partial charge in [-0.15, -0.1) is 0 Å². The van der Waals surface area contributed by atoms with Crippen LogP contribution in [0.4, 0.5) is 0 Å². The molecule has 162 valence electrons. The van der Waals surface area contributed by atoms with E-state index < -0.39 is 54.5 Å². The topological polar surface area (TPSA) is 200 Å². The molecule has 0 aromatic carbocycles. The zero-order valence-corrected chi connectivity index (χ0v) is 16.5. The van der Waals surface area contributed by atoms with Crippen LogP contribution in [0.1, 0.15) is 26.5 Å². The van der Waals surface area contributed by atoms with Gasteiger partial charge < -0.3 is 36.9 Å². The number of H-pyrrole nitrogens is 1. The molecule has 0 spiro atoms. The van der Waals surface area contributed by atoms with Gasteiger partial charge in [0, 0.05) is 18.3 Å². The maximum atomic E-state index is 12.7. The lowest BCUT2D eigenvalue weighted by Crippen LogP contribution is -2.59. The Balaban J connectivity index is 2.95. The fraction of sp³-hybridized carbons (Fsp3) is 0.588. The number of aliphatic hydroxyl groups is 1. The van der Waals surface area contributed by atoms with Crippen LogP contribution in [-0.2, 0) is 25.6 Å². The Morgan fingerprint density at radius 1 is 1.10 bits per heavy atom. The monoisotopic (exact) mass is 412 g/mol. The van der Waals surface area contributed by atoms with Gasteiger partial charge in [0.25, 0.3) is 0 Å². The summed E-state index contributed by atoms with van der Waals surface area (Å²) in [5.74, 6) is -3.64. The van der Waals surface area contributed by atoms with Crippen molar-refractivity contribution in [2.75, 3.05) is 6.61 Å². The van der Waals surface area contributed by atoms with Crippen molar-refractivity contribution in [1.29, 1.82) is 0 Å². The lowest BCUT2D eigenvalue weighted by molar-refractivity contribution is -0.141. The lowest BCUT2D eigenvalue weighted by atomic mass is 10.0. The third-order valence-electron chi connectivity index (χ3n) is 4.12. The van der Waals surface area contributed by atoms with Gasteiger partial charge in [-0.3, -0.25) is 19.2 Å². The van der Waals surface area contributed by atoms with Crippen molar-refractivity contribution < 1.29 is 29.4 Å². The number of nitrogens with one attached hydrogen (secondary N) is 4. The summed E-state index contributed by atoms with van der Waals surface area (Å²) in [6, 6.07) is -4.49. The molecule has 0 aliphatic rings. The van der Waals surface area contributed by atoms with E-state index in [1.165, 1.54) is 19.4 Å². The van der Waals surface area contributed by atoms with Gasteiger partial charge in [-0.05, 0) is 12.8 Å². The van der Waals surface area contributed by atoms with Crippen molar-refractivity contribution >= 4 is 23.7 Å². The summed E-state index contributed by atoms with van der Waals surface area (Å²) in [6.07, 6.45) is 2.90. The van der Waals surface area contributed by atoms with Crippen LogP contribution in [0.3, 0.4) is 0 Å². The van der Waals surface area contributed by atoms with E-state index in [9.17, 15) is 19.2 Å². The molecule has 0 aliphatic heterocycles. The van der Waals surface area contributed by atoms with Gasteiger partial charge in [-0.2, -0.15) is 0 Å². The van der Waals surface area contributed by atoms with E-state index in [4.69, 9.17) is 15.9 Å². The number of carbonyl (C=O) groups excluding carboxylic acids is 3. The summed E-state index contributed by atoms with van der Waals surface area (Å²) < 4.78 is 0. The number of aromatic nitrogens is 2. The average Bonchev–Trinajstić information content (AvgIpc) is 3.16. The van der Waals surface area contributed by atoms with E-state index in [0.29, 0.717) is 5.69 Å². The Morgan fingerprint density at radius 2 is 1.76 bits per heavy atom. The summed E-state index contributed by atoms with van der Waals surface area (Å²) in [7, 11) is 0. The number of imidazole rings is 1. The summed E-state index contributed by atoms with van der Waals surface area (Å²) in [5.41, 5.74) is 6.01. The number of amides is 3. The highest BCUT2D eigenvalue weighted by Gasteiger charge is 2.31. The molecular formula is C17H28N6O6. The van der Waals surface area contributed by atoms with Crippen molar-refractivity contribution in [3.63, 3.8) is 0 Å². The molecule has 0 aliphatic carbocycles. The van der Waals surface area contributed by atoms with E-state index in [1.54, 1.807) is 13.8 Å². The van der Waals surface area contributed by atoms with E-state index in [1.807, 2.05) is 0 Å². The summed E-state index contributed by atoms with van der Waals surface area (Å²) >= 11 is 0. The van der Waals surface area contributed by atoms with Crippen molar-refractivity contribution in [3.05, 3.63) is 18.2 Å². The normalized spacial score (nSPS) is 15.1. The van der Waals surface area contributed by atoms with E-state index in [-0.39, 0.29) is 12.3 Å². The molecule has 12 heteroatoms. The highest BCUT2D eigenvalue weighted by Crippen LogP contribution is 2.06. The molecule has 0 saturated heterocycles. The van der Waals surface area contributed by atoms with Crippen LogP contribution < -0.4 is 21.7 Å². The van der Waals surface area contributed by atoms with Crippen molar-refractivity contribution in [3.8, 4) is 0 Å². The Kier molecular flexibility index (Phi) is 9.22. The molecule has 29 heavy (non-hydrogen) atoms. The van der Waals surface area contributed by atoms with Crippen LogP contribution >= 0.6 is 0 Å². The third kappa shape index (κ3) is 7.50. The number of aromatic amines is 1. The second-order valence-corrected chi connectivity index (χ2v) is 6.93. The zero-order valence-electron chi connectivity index (χ0n) is 16.5. The molecule has 0 radical (unpaired) electrons. The Bertz CT molecular complexity index is 707. The number of nitrogens with zero attached hydrogens (tertiary/aromatic N) is 1. The number of carbonyl (C=O) groups is 4. The molecule has 12 nitrogen and oxygen atoms in total. The van der Waals surface area contributed by atoms with Gasteiger partial charge in [-0.25, -0.2) is 4.98 Å². The maximum Gasteiger partial charge on any atom is 0.325 e. The molecule has 0 bridgehead atoms. The van der Waals surface area contributed by atoms with Crippen molar-refractivity contribution in [2.24, 2.45) is 11.7 Å². The minimum Gasteiger partial charge on any atom is -0.480 e.